The molecule has 0 aliphatic heterocycles. The van der Waals surface area contributed by atoms with Gasteiger partial charge < -0.3 is 5.32 Å². The van der Waals surface area contributed by atoms with Crippen LogP contribution in [0, 0.1) is 36.5 Å². The molecule has 224 valence electrons. The number of carbonyl (C=O) groups excluding carboxylic acids is 1. The highest BCUT2D eigenvalue weighted by Gasteiger charge is 2.47. The molecule has 7 heteroatoms. The lowest BCUT2D eigenvalue weighted by Crippen LogP contribution is -2.44. The Morgan fingerprint density at radius 2 is 1.45 bits per heavy atom. The minimum atomic E-state index is -0.165. The molecule has 4 aliphatic rings. The van der Waals surface area contributed by atoms with E-state index in [1.807, 2.05) is 37.3 Å². The quantitative estimate of drug-likeness (QED) is 0.203. The van der Waals surface area contributed by atoms with E-state index in [1.165, 1.54) is 32.1 Å². The first-order chi connectivity index (χ1) is 20.4. The Hall–Kier alpha value is -2.01. The number of nitrogens with zero attached hydrogens (tertiary/aromatic N) is 2. The third-order valence-electron chi connectivity index (χ3n) is 10.3. The summed E-state index contributed by atoms with van der Waals surface area (Å²) in [6.45, 7) is 2.58. The molecule has 0 radical (unpaired) electrons. The molecule has 42 heavy (non-hydrogen) atoms. The van der Waals surface area contributed by atoms with Crippen LogP contribution in [0.1, 0.15) is 93.1 Å². The molecule has 4 nitrogen and oxygen atoms in total. The summed E-state index contributed by atoms with van der Waals surface area (Å²) in [5.41, 5.74) is 3.56. The van der Waals surface area contributed by atoms with Crippen molar-refractivity contribution in [1.29, 1.82) is 0 Å². The van der Waals surface area contributed by atoms with Gasteiger partial charge in [0.2, 0.25) is 0 Å². The zero-order valence-electron chi connectivity index (χ0n) is 24.6. The lowest BCUT2D eigenvalue weighted by molar-refractivity contribution is -0.0404. The number of halogens is 3. The molecule has 1 N–H and O–H groups in total. The van der Waals surface area contributed by atoms with Gasteiger partial charge in [0, 0.05) is 27.7 Å². The second-order valence-electron chi connectivity index (χ2n) is 13.1. The van der Waals surface area contributed by atoms with Gasteiger partial charge in [-0.3, -0.25) is 4.79 Å². The van der Waals surface area contributed by atoms with Gasteiger partial charge in [-0.15, -0.1) is 0 Å². The zero-order valence-corrected chi connectivity index (χ0v) is 26.8. The van der Waals surface area contributed by atoms with Crippen molar-refractivity contribution in [3.63, 3.8) is 0 Å². The maximum Gasteiger partial charge on any atom is 0.272 e. The van der Waals surface area contributed by atoms with E-state index in [0.29, 0.717) is 33.0 Å². The van der Waals surface area contributed by atoms with E-state index < -0.39 is 0 Å². The second-order valence-corrected chi connectivity index (χ2v) is 14.4. The average molecular weight is 627 g/mol. The molecule has 3 aromatic rings. The van der Waals surface area contributed by atoms with Crippen molar-refractivity contribution in [3.8, 4) is 16.9 Å². The number of hydrogen-bond acceptors (Lipinski definition) is 2. The van der Waals surface area contributed by atoms with Crippen molar-refractivity contribution < 1.29 is 4.79 Å². The highest BCUT2D eigenvalue weighted by Crippen LogP contribution is 2.57. The monoisotopic (exact) mass is 625 g/mol. The van der Waals surface area contributed by atoms with Gasteiger partial charge in [-0.2, -0.15) is 5.10 Å². The summed E-state index contributed by atoms with van der Waals surface area (Å²) in [7, 11) is 0. The highest BCUT2D eigenvalue weighted by molar-refractivity contribution is 6.35. The Bertz CT molecular complexity index is 1370. The van der Waals surface area contributed by atoms with Gasteiger partial charge in [-0.25, -0.2) is 4.68 Å². The number of amides is 1. The van der Waals surface area contributed by atoms with Gasteiger partial charge >= 0.3 is 0 Å². The molecular formula is C35H42Cl3N3O. The minimum absolute atomic E-state index is 0.165. The number of aromatic nitrogens is 2. The summed E-state index contributed by atoms with van der Waals surface area (Å²) in [6.07, 6.45) is 16.6. The molecule has 2 aromatic carbocycles. The van der Waals surface area contributed by atoms with E-state index in [4.69, 9.17) is 39.9 Å². The lowest BCUT2D eigenvalue weighted by atomic mass is 9.51. The van der Waals surface area contributed by atoms with Crippen LogP contribution in [0.3, 0.4) is 0 Å². The summed E-state index contributed by atoms with van der Waals surface area (Å²) >= 11 is 18.8. The third kappa shape index (κ3) is 6.56. The maximum absolute atomic E-state index is 13.3. The number of unbranched alkanes of at least 4 members (excludes halogenated alkanes) is 5. The van der Waals surface area contributed by atoms with E-state index in [0.717, 1.165) is 59.3 Å². The van der Waals surface area contributed by atoms with Crippen LogP contribution in [-0.2, 0) is 0 Å². The van der Waals surface area contributed by atoms with E-state index in [1.54, 1.807) is 48.9 Å². The van der Waals surface area contributed by atoms with Gasteiger partial charge in [-0.05, 0) is 112 Å². The van der Waals surface area contributed by atoms with Gasteiger partial charge in [0.1, 0.15) is 0 Å². The van der Waals surface area contributed by atoms with Crippen LogP contribution in [0.4, 0.5) is 0 Å². The van der Waals surface area contributed by atoms with Crippen LogP contribution in [-0.4, -0.2) is 22.2 Å². The Balaban J connectivity index is 0.982. The molecule has 4 fully saturated rings. The van der Waals surface area contributed by atoms with Crippen molar-refractivity contribution in [2.24, 2.45) is 29.6 Å². The normalized spacial score (nSPS) is 24.3. The van der Waals surface area contributed by atoms with Crippen molar-refractivity contribution in [2.75, 3.05) is 6.54 Å². The van der Waals surface area contributed by atoms with Crippen LogP contribution < -0.4 is 5.32 Å². The fraction of sp³-hybridized carbons (Fsp3) is 0.543. The largest absolute Gasteiger partial charge is 0.351 e. The van der Waals surface area contributed by atoms with Crippen LogP contribution in [0.25, 0.3) is 16.9 Å². The maximum atomic E-state index is 13.3. The second kappa shape index (κ2) is 13.3. The number of hydrogen-bond donors (Lipinski definition) is 1. The van der Waals surface area contributed by atoms with E-state index in [2.05, 4.69) is 5.32 Å². The lowest BCUT2D eigenvalue weighted by Gasteiger charge is -2.54. The topological polar surface area (TPSA) is 46.9 Å². The first-order valence-electron chi connectivity index (χ1n) is 16.0. The molecule has 7 rings (SSSR count). The SMILES string of the molecule is Cc1c(C(=O)NCCCCCCCCC2C3CC4CC(C3)CC2C4)nn(-c2ccc(Cl)cc2Cl)c1-c1ccc(Cl)cc1. The van der Waals surface area contributed by atoms with Crippen LogP contribution >= 0.6 is 34.8 Å². The summed E-state index contributed by atoms with van der Waals surface area (Å²) in [6, 6.07) is 12.8. The van der Waals surface area contributed by atoms with Crippen molar-refractivity contribution in [2.45, 2.75) is 84.0 Å². The van der Waals surface area contributed by atoms with Crippen molar-refractivity contribution in [1.82, 2.24) is 15.1 Å². The van der Waals surface area contributed by atoms with E-state index in [9.17, 15) is 4.79 Å². The Kier molecular flexibility index (Phi) is 9.53. The Morgan fingerprint density at radius 3 is 2.12 bits per heavy atom. The van der Waals surface area contributed by atoms with E-state index >= 15 is 0 Å². The van der Waals surface area contributed by atoms with Crippen molar-refractivity contribution >= 4 is 40.7 Å². The molecule has 0 saturated heterocycles. The minimum Gasteiger partial charge on any atom is -0.351 e. The number of rotatable bonds is 12. The van der Waals surface area contributed by atoms with Gasteiger partial charge in [0.05, 0.1) is 16.4 Å². The van der Waals surface area contributed by atoms with Crippen LogP contribution in [0.15, 0.2) is 42.5 Å². The first kappa shape index (κ1) is 30.0. The molecule has 4 aliphatic carbocycles. The Morgan fingerprint density at radius 1 is 0.833 bits per heavy atom. The standard InChI is InChI=1S/C35H42Cl3N3O/c1-22-33(40-41(32-14-13-29(37)21-31(32)38)34(22)25-9-11-28(36)12-10-25)35(42)39-15-7-5-3-2-4-6-8-30-26-17-23-16-24(19-26)20-27(30)18-23/h9-14,21,23-24,26-27,30H,2-8,15-20H2,1H3,(H,39,42). The highest BCUT2D eigenvalue weighted by atomic mass is 35.5. The molecule has 4 bridgehead atoms. The first-order valence-corrected chi connectivity index (χ1v) is 17.1. The smallest absolute Gasteiger partial charge is 0.272 e. The Labute approximate surface area is 265 Å². The average Bonchev–Trinajstić information content (AvgIpc) is 3.30. The number of nitrogens with one attached hydrogen (secondary N) is 1. The number of benzene rings is 2. The zero-order chi connectivity index (χ0) is 29.2. The third-order valence-corrected chi connectivity index (χ3v) is 11.1. The summed E-state index contributed by atoms with van der Waals surface area (Å²) in [5, 5.41) is 9.48. The fourth-order valence-electron chi connectivity index (χ4n) is 8.49. The van der Waals surface area contributed by atoms with Crippen LogP contribution in [0.5, 0.6) is 0 Å². The molecule has 1 heterocycles. The van der Waals surface area contributed by atoms with Crippen LogP contribution in [0.2, 0.25) is 15.1 Å². The predicted octanol–water partition coefficient (Wildman–Crippen LogP) is 10.3. The molecule has 0 spiro atoms. The summed E-state index contributed by atoms with van der Waals surface area (Å²) < 4.78 is 1.73. The van der Waals surface area contributed by atoms with Crippen molar-refractivity contribution in [3.05, 3.63) is 68.8 Å². The molecular weight excluding hydrogens is 585 g/mol. The fourth-order valence-corrected chi connectivity index (χ4v) is 9.11. The molecule has 1 aromatic heterocycles. The van der Waals surface area contributed by atoms with Gasteiger partial charge in [-0.1, -0.05) is 79.0 Å². The number of carbonyl (C=O) groups is 1. The van der Waals surface area contributed by atoms with Gasteiger partial charge in [0.25, 0.3) is 5.91 Å². The molecule has 0 atom stereocenters. The molecule has 4 saturated carbocycles. The summed E-state index contributed by atoms with van der Waals surface area (Å²) in [5.74, 6) is 5.15. The summed E-state index contributed by atoms with van der Waals surface area (Å²) in [4.78, 5) is 13.3. The predicted molar refractivity (Wildman–Crippen MR) is 174 cm³/mol. The van der Waals surface area contributed by atoms with E-state index in [-0.39, 0.29) is 5.91 Å². The molecule has 1 amide bonds. The van der Waals surface area contributed by atoms with Gasteiger partial charge in [0.15, 0.2) is 5.69 Å². The molecule has 0 unspecified atom stereocenters.